The van der Waals surface area contributed by atoms with E-state index in [-0.39, 0.29) is 81.5 Å². The van der Waals surface area contributed by atoms with Gasteiger partial charge in [0.25, 0.3) is 11.8 Å². The highest BCUT2D eigenvalue weighted by atomic mass is 32.2. The number of aromatic nitrogens is 1. The van der Waals surface area contributed by atoms with Gasteiger partial charge in [-0.25, -0.2) is 31.0 Å². The number of amides is 1. The van der Waals surface area contributed by atoms with E-state index < -0.39 is 45.4 Å². The predicted octanol–water partition coefficient (Wildman–Crippen LogP) is 4.81. The number of hydrogen-bond acceptors (Lipinski definition) is 8. The van der Waals surface area contributed by atoms with E-state index in [9.17, 15) is 35.6 Å². The van der Waals surface area contributed by atoms with Crippen LogP contribution < -0.4 is 19.8 Å². The van der Waals surface area contributed by atoms with Crippen molar-refractivity contribution in [2.24, 2.45) is 5.41 Å². The summed E-state index contributed by atoms with van der Waals surface area (Å²) in [5.41, 5.74) is 0.296. The molecule has 1 amide bonds. The minimum absolute atomic E-state index is 0.0179. The first-order valence-electron chi connectivity index (χ1n) is 14.5. The topological polar surface area (TPSA) is 121 Å². The van der Waals surface area contributed by atoms with E-state index in [4.69, 9.17) is 4.74 Å². The van der Waals surface area contributed by atoms with Gasteiger partial charge in [-0.3, -0.25) is 14.3 Å². The van der Waals surface area contributed by atoms with Gasteiger partial charge >= 0.3 is 5.97 Å². The van der Waals surface area contributed by atoms with Gasteiger partial charge in [0.05, 0.1) is 23.5 Å². The lowest BCUT2D eigenvalue weighted by Crippen LogP contribution is -2.61. The zero-order valence-corrected chi connectivity index (χ0v) is 25.2. The van der Waals surface area contributed by atoms with Crippen LogP contribution in [0.2, 0.25) is 0 Å². The molecule has 1 aromatic heterocycles. The van der Waals surface area contributed by atoms with Crippen LogP contribution in [-0.2, 0) is 19.6 Å². The molecule has 4 aliphatic rings. The van der Waals surface area contributed by atoms with E-state index in [0.29, 0.717) is 11.5 Å². The summed E-state index contributed by atoms with van der Waals surface area (Å²) in [5, 5.41) is 2.76. The number of ether oxygens (including phenoxy) is 1. The Morgan fingerprint density at radius 3 is 2.41 bits per heavy atom. The third kappa shape index (κ3) is 6.87. The Balaban J connectivity index is 1.41. The number of esters is 1. The summed E-state index contributed by atoms with van der Waals surface area (Å²) in [4.78, 5) is 33.5. The number of carbonyl (C=O) groups excluding carboxylic acids is 2. The van der Waals surface area contributed by atoms with Crippen molar-refractivity contribution in [2.75, 3.05) is 51.8 Å². The number of pyridine rings is 1. The normalized spacial score (nSPS) is 22.8. The van der Waals surface area contributed by atoms with Crippen molar-refractivity contribution >= 4 is 44.9 Å². The van der Waals surface area contributed by atoms with Gasteiger partial charge in [-0.05, 0) is 69.0 Å². The fourth-order valence-electron chi connectivity index (χ4n) is 6.15. The number of sulfonamides is 1. The molecule has 15 heteroatoms. The zero-order chi connectivity index (χ0) is 31.9. The molecule has 2 bridgehead atoms. The maximum absolute atomic E-state index is 13.7. The molecular formula is C29H35F4N5O5S. The number of carbonyl (C=O) groups is 2. The largest absolute Gasteiger partial charge is 0.465 e. The Morgan fingerprint density at radius 2 is 1.80 bits per heavy atom. The molecule has 0 atom stereocenters. The Hall–Kier alpha value is -3.62. The number of anilines is 4. The SMILES string of the molecule is CCOC(=O)CS(=O)(=O)Nc1ccc(C(=O)Nc2cc(C)cc(N3CCC(F)(F)CC3)n2)c(N2CCC3(C(F)F)CC2C3)c1. The summed E-state index contributed by atoms with van der Waals surface area (Å²) in [7, 11) is -4.14. The predicted molar refractivity (Wildman–Crippen MR) is 157 cm³/mol. The highest BCUT2D eigenvalue weighted by molar-refractivity contribution is 7.93. The molecule has 1 saturated carbocycles. The standard InChI is InChI=1S/C29H35F4N5O5S/c1-3-43-25(39)17-44(41,42)36-19-4-5-21(22(14-19)38-11-6-28(27(30)31)15-20(38)16-28)26(40)35-23-12-18(2)13-24(34-23)37-9-7-29(32,33)8-10-37/h4-5,12-14,20,27,36H,3,6-11,15-17H2,1-2H3,(H,34,35,40). The molecule has 4 fully saturated rings. The Morgan fingerprint density at radius 1 is 1.09 bits per heavy atom. The number of nitrogens with one attached hydrogen (secondary N) is 2. The third-order valence-electron chi connectivity index (χ3n) is 8.49. The fraction of sp³-hybridized carbons (Fsp3) is 0.552. The maximum atomic E-state index is 13.7. The van der Waals surface area contributed by atoms with Crippen LogP contribution in [0.3, 0.4) is 0 Å². The average Bonchev–Trinajstić information content (AvgIpc) is 2.91. The van der Waals surface area contributed by atoms with Crippen LogP contribution in [0, 0.1) is 12.3 Å². The maximum Gasteiger partial charge on any atom is 0.323 e. The van der Waals surface area contributed by atoms with Crippen LogP contribution in [0.1, 0.15) is 54.9 Å². The first kappa shape index (κ1) is 31.8. The van der Waals surface area contributed by atoms with Gasteiger partial charge in [0, 0.05) is 43.9 Å². The highest BCUT2D eigenvalue weighted by Gasteiger charge is 2.56. The van der Waals surface area contributed by atoms with Gasteiger partial charge in [-0.1, -0.05) is 0 Å². The summed E-state index contributed by atoms with van der Waals surface area (Å²) >= 11 is 0. The second-order valence-corrected chi connectivity index (χ2v) is 13.5. The molecule has 6 rings (SSSR count). The second-order valence-electron chi connectivity index (χ2n) is 11.8. The molecule has 2 N–H and O–H groups in total. The minimum atomic E-state index is -4.14. The number of alkyl halides is 4. The average molecular weight is 642 g/mol. The molecule has 1 aliphatic carbocycles. The lowest BCUT2D eigenvalue weighted by molar-refractivity contribution is -0.139. The minimum Gasteiger partial charge on any atom is -0.465 e. The summed E-state index contributed by atoms with van der Waals surface area (Å²) in [6.45, 7) is 3.83. The molecule has 3 aliphatic heterocycles. The van der Waals surface area contributed by atoms with Crippen LogP contribution in [0.4, 0.5) is 40.6 Å². The number of rotatable bonds is 10. The summed E-state index contributed by atoms with van der Waals surface area (Å²) in [6, 6.07) is 7.37. The van der Waals surface area contributed by atoms with Crippen molar-refractivity contribution in [2.45, 2.75) is 64.3 Å². The van der Waals surface area contributed by atoms with E-state index in [0.717, 1.165) is 5.56 Å². The second kappa shape index (κ2) is 12.1. The fourth-order valence-corrected chi connectivity index (χ4v) is 7.11. The van der Waals surface area contributed by atoms with Gasteiger partial charge in [0.1, 0.15) is 11.6 Å². The van der Waals surface area contributed by atoms with E-state index in [1.54, 1.807) is 30.9 Å². The van der Waals surface area contributed by atoms with Crippen LogP contribution in [-0.4, -0.2) is 75.7 Å². The molecule has 3 saturated heterocycles. The lowest BCUT2D eigenvalue weighted by atomic mass is 9.60. The van der Waals surface area contributed by atoms with Crippen molar-refractivity contribution in [3.8, 4) is 0 Å². The summed E-state index contributed by atoms with van der Waals surface area (Å²) in [6.07, 6.45) is -2.37. The molecule has 10 nitrogen and oxygen atoms in total. The molecule has 0 spiro atoms. The Bertz CT molecular complexity index is 1520. The Labute approximate surface area is 253 Å². The van der Waals surface area contributed by atoms with Crippen molar-refractivity contribution in [3.63, 3.8) is 0 Å². The quantitative estimate of drug-likeness (QED) is 0.280. The van der Waals surface area contributed by atoms with Crippen molar-refractivity contribution in [1.82, 2.24) is 4.98 Å². The molecule has 240 valence electrons. The van der Waals surface area contributed by atoms with E-state index >= 15 is 0 Å². The molecule has 44 heavy (non-hydrogen) atoms. The van der Waals surface area contributed by atoms with Crippen LogP contribution >= 0.6 is 0 Å². The number of aryl methyl sites for hydroxylation is 1. The van der Waals surface area contributed by atoms with Gasteiger partial charge in [0.2, 0.25) is 16.4 Å². The molecular weight excluding hydrogens is 606 g/mol. The summed E-state index contributed by atoms with van der Waals surface area (Å²) < 4.78 is 87.1. The summed E-state index contributed by atoms with van der Waals surface area (Å²) in [5.74, 6) is -4.47. The third-order valence-corrected chi connectivity index (χ3v) is 9.66. The first-order valence-corrected chi connectivity index (χ1v) is 16.1. The smallest absolute Gasteiger partial charge is 0.323 e. The number of nitrogens with zero attached hydrogens (tertiary/aromatic N) is 3. The number of hydrogen-bond donors (Lipinski definition) is 2. The van der Waals surface area contributed by atoms with E-state index in [1.807, 2.05) is 4.90 Å². The van der Waals surface area contributed by atoms with E-state index in [1.165, 1.54) is 18.2 Å². The van der Waals surface area contributed by atoms with Crippen LogP contribution in [0.15, 0.2) is 30.3 Å². The van der Waals surface area contributed by atoms with Crippen LogP contribution in [0.5, 0.6) is 0 Å². The van der Waals surface area contributed by atoms with Gasteiger partial charge < -0.3 is 19.9 Å². The number of fused-ring (bicyclic) bond motifs is 2. The molecule has 4 heterocycles. The van der Waals surface area contributed by atoms with Crippen LogP contribution in [0.25, 0.3) is 0 Å². The molecule has 2 aromatic rings. The number of halogens is 4. The molecule has 0 radical (unpaired) electrons. The van der Waals surface area contributed by atoms with Crippen molar-refractivity contribution < 1.29 is 40.3 Å². The van der Waals surface area contributed by atoms with Gasteiger partial charge in [-0.15, -0.1) is 0 Å². The van der Waals surface area contributed by atoms with E-state index in [2.05, 4.69) is 15.0 Å². The highest BCUT2D eigenvalue weighted by Crippen LogP contribution is 2.55. The number of benzene rings is 1. The number of piperidine rings is 3. The molecule has 1 aromatic carbocycles. The molecule has 0 unspecified atom stereocenters. The monoisotopic (exact) mass is 641 g/mol. The first-order chi connectivity index (χ1) is 20.7. The zero-order valence-electron chi connectivity index (χ0n) is 24.4. The van der Waals surface area contributed by atoms with Gasteiger partial charge in [0.15, 0.2) is 5.75 Å². The van der Waals surface area contributed by atoms with Crippen molar-refractivity contribution in [1.29, 1.82) is 0 Å². The Kier molecular flexibility index (Phi) is 8.71. The van der Waals surface area contributed by atoms with Gasteiger partial charge in [-0.2, -0.15) is 0 Å². The van der Waals surface area contributed by atoms with Crippen molar-refractivity contribution in [3.05, 3.63) is 41.5 Å². The lowest BCUT2D eigenvalue weighted by Gasteiger charge is -2.58.